The summed E-state index contributed by atoms with van der Waals surface area (Å²) in [5.74, 6) is 1.22. The maximum Gasteiger partial charge on any atom is 0.224 e. The average Bonchev–Trinajstić information content (AvgIpc) is 2.96. The molecule has 1 aromatic carbocycles. The van der Waals surface area contributed by atoms with Crippen molar-refractivity contribution in [2.45, 2.75) is 0 Å². The number of nitrogens with zero attached hydrogens (tertiary/aromatic N) is 3. The van der Waals surface area contributed by atoms with E-state index < -0.39 is 0 Å². The van der Waals surface area contributed by atoms with Gasteiger partial charge >= 0.3 is 0 Å². The van der Waals surface area contributed by atoms with Gasteiger partial charge in [-0.1, -0.05) is 0 Å². The van der Waals surface area contributed by atoms with Gasteiger partial charge in [0.15, 0.2) is 17.2 Å². The Balaban J connectivity index is 1.84. The zero-order valence-corrected chi connectivity index (χ0v) is 12.3. The number of ketones is 1. The number of nitrogens with one attached hydrogen (secondary N) is 1. The SMILES string of the molecule is COc1ccc(C(=O)/C=C/c2nc3nc(N)nc(N)c3[nH]2)cc1. The van der Waals surface area contributed by atoms with Gasteiger partial charge in [-0.25, -0.2) is 4.98 Å². The molecule has 2 heterocycles. The molecule has 0 atom stereocenters. The number of imidazole rings is 1. The van der Waals surface area contributed by atoms with E-state index in [0.717, 1.165) is 0 Å². The van der Waals surface area contributed by atoms with Crippen LogP contribution in [0.25, 0.3) is 17.2 Å². The van der Waals surface area contributed by atoms with E-state index in [9.17, 15) is 4.79 Å². The van der Waals surface area contributed by atoms with Crippen LogP contribution in [0.1, 0.15) is 16.2 Å². The van der Waals surface area contributed by atoms with Gasteiger partial charge in [0.1, 0.15) is 17.1 Å². The van der Waals surface area contributed by atoms with Crippen molar-refractivity contribution in [2.75, 3.05) is 18.6 Å². The molecule has 8 heteroatoms. The lowest BCUT2D eigenvalue weighted by Crippen LogP contribution is -1.99. The van der Waals surface area contributed by atoms with Crippen LogP contribution in [0.3, 0.4) is 0 Å². The van der Waals surface area contributed by atoms with Crippen LogP contribution >= 0.6 is 0 Å². The second kappa shape index (κ2) is 5.76. The summed E-state index contributed by atoms with van der Waals surface area (Å²) in [6.45, 7) is 0. The Morgan fingerprint density at radius 1 is 1.17 bits per heavy atom. The van der Waals surface area contributed by atoms with Crippen LogP contribution < -0.4 is 16.2 Å². The molecule has 0 bridgehead atoms. The maximum atomic E-state index is 12.1. The van der Waals surface area contributed by atoms with Gasteiger partial charge in [0.2, 0.25) is 5.95 Å². The summed E-state index contributed by atoms with van der Waals surface area (Å²) < 4.78 is 5.05. The number of nitrogens with two attached hydrogens (primary N) is 2. The van der Waals surface area contributed by atoms with Crippen molar-refractivity contribution in [1.82, 2.24) is 19.9 Å². The summed E-state index contributed by atoms with van der Waals surface area (Å²) in [5.41, 5.74) is 12.6. The first-order chi connectivity index (χ1) is 11.1. The molecule has 116 valence electrons. The minimum absolute atomic E-state index is 0.0475. The van der Waals surface area contributed by atoms with Gasteiger partial charge in [-0.3, -0.25) is 4.79 Å². The number of H-pyrrole nitrogens is 1. The highest BCUT2D eigenvalue weighted by Crippen LogP contribution is 2.17. The molecule has 3 aromatic rings. The van der Waals surface area contributed by atoms with E-state index in [1.807, 2.05) is 0 Å². The third-order valence-electron chi connectivity index (χ3n) is 3.18. The van der Waals surface area contributed by atoms with Crippen LogP contribution in [0, 0.1) is 0 Å². The average molecular weight is 310 g/mol. The predicted molar refractivity (Wildman–Crippen MR) is 86.9 cm³/mol. The number of aromatic nitrogens is 4. The van der Waals surface area contributed by atoms with Gasteiger partial charge in [-0.15, -0.1) is 0 Å². The second-order valence-electron chi connectivity index (χ2n) is 4.71. The molecule has 0 aliphatic rings. The molecule has 0 aliphatic carbocycles. The number of methoxy groups -OCH3 is 1. The Morgan fingerprint density at radius 3 is 2.61 bits per heavy atom. The topological polar surface area (TPSA) is 133 Å². The smallest absolute Gasteiger partial charge is 0.224 e. The van der Waals surface area contributed by atoms with E-state index in [-0.39, 0.29) is 17.5 Å². The molecule has 0 unspecified atom stereocenters. The highest BCUT2D eigenvalue weighted by atomic mass is 16.5. The highest BCUT2D eigenvalue weighted by Gasteiger charge is 2.08. The fourth-order valence-electron chi connectivity index (χ4n) is 2.04. The fraction of sp³-hybridized carbons (Fsp3) is 0.0667. The molecule has 8 nitrogen and oxygen atoms in total. The van der Waals surface area contributed by atoms with Crippen LogP contribution in [0.15, 0.2) is 30.3 Å². The number of anilines is 2. The largest absolute Gasteiger partial charge is 0.497 e. The Kier molecular flexibility index (Phi) is 3.63. The summed E-state index contributed by atoms with van der Waals surface area (Å²) in [7, 11) is 1.57. The molecule has 0 spiro atoms. The van der Waals surface area contributed by atoms with Gasteiger partial charge < -0.3 is 21.2 Å². The van der Waals surface area contributed by atoms with Crippen molar-refractivity contribution in [3.05, 3.63) is 41.7 Å². The number of aromatic amines is 1. The van der Waals surface area contributed by atoms with Crippen molar-refractivity contribution >= 4 is 34.8 Å². The van der Waals surface area contributed by atoms with E-state index in [1.165, 1.54) is 6.08 Å². The van der Waals surface area contributed by atoms with Crippen molar-refractivity contribution in [1.29, 1.82) is 0 Å². The number of fused-ring (bicyclic) bond motifs is 1. The number of allylic oxidation sites excluding steroid dienone is 1. The Bertz CT molecular complexity index is 898. The quantitative estimate of drug-likeness (QED) is 0.490. The number of ether oxygens (including phenoxy) is 1. The molecular formula is C15H14N6O2. The molecule has 23 heavy (non-hydrogen) atoms. The van der Waals surface area contributed by atoms with Crippen LogP contribution in [-0.2, 0) is 0 Å². The predicted octanol–water partition coefficient (Wildman–Crippen LogP) is 1.42. The van der Waals surface area contributed by atoms with Gasteiger partial charge in [0.25, 0.3) is 0 Å². The van der Waals surface area contributed by atoms with E-state index in [1.54, 1.807) is 37.5 Å². The number of carbonyl (C=O) groups excluding carboxylic acids is 1. The van der Waals surface area contributed by atoms with Crippen LogP contribution in [0.5, 0.6) is 5.75 Å². The highest BCUT2D eigenvalue weighted by molar-refractivity contribution is 6.06. The molecule has 0 saturated carbocycles. The monoisotopic (exact) mass is 310 g/mol. The van der Waals surface area contributed by atoms with Gasteiger partial charge in [0, 0.05) is 5.56 Å². The summed E-state index contributed by atoms with van der Waals surface area (Å²) in [5, 5.41) is 0. The van der Waals surface area contributed by atoms with Crippen LogP contribution in [0.2, 0.25) is 0 Å². The standard InChI is InChI=1S/C15H14N6O2/c1-23-9-4-2-8(3-5-9)10(22)6-7-11-18-12-13(16)20-15(17)21-14(12)19-11/h2-7H,1H3,(H5,16,17,18,19,20,21)/b7-6+. The van der Waals surface area contributed by atoms with Gasteiger partial charge in [0.05, 0.1) is 7.11 Å². The van der Waals surface area contributed by atoms with Crippen molar-refractivity contribution in [3.63, 3.8) is 0 Å². The number of rotatable bonds is 4. The molecule has 0 amide bonds. The lowest BCUT2D eigenvalue weighted by atomic mass is 10.1. The molecule has 0 radical (unpaired) electrons. The minimum atomic E-state index is -0.160. The summed E-state index contributed by atoms with van der Waals surface area (Å²) in [4.78, 5) is 27.1. The van der Waals surface area contributed by atoms with Crippen molar-refractivity contribution < 1.29 is 9.53 Å². The van der Waals surface area contributed by atoms with E-state index >= 15 is 0 Å². The Labute approximate surface area is 131 Å². The molecule has 2 aromatic heterocycles. The molecule has 0 aliphatic heterocycles. The second-order valence-corrected chi connectivity index (χ2v) is 4.71. The first-order valence-corrected chi connectivity index (χ1v) is 6.72. The van der Waals surface area contributed by atoms with Gasteiger partial charge in [-0.05, 0) is 36.4 Å². The van der Waals surface area contributed by atoms with E-state index in [2.05, 4.69) is 19.9 Å². The first-order valence-electron chi connectivity index (χ1n) is 6.72. The first kappa shape index (κ1) is 14.5. The summed E-state index contributed by atoms with van der Waals surface area (Å²) >= 11 is 0. The molecule has 0 fully saturated rings. The Morgan fingerprint density at radius 2 is 1.91 bits per heavy atom. The number of hydrogen-bond acceptors (Lipinski definition) is 7. The number of nitrogen functional groups attached to an aromatic ring is 2. The third kappa shape index (κ3) is 2.95. The fourth-order valence-corrected chi connectivity index (χ4v) is 2.04. The molecule has 5 N–H and O–H groups in total. The van der Waals surface area contributed by atoms with Crippen LogP contribution in [0.4, 0.5) is 11.8 Å². The number of carbonyl (C=O) groups is 1. The van der Waals surface area contributed by atoms with E-state index in [0.29, 0.717) is 28.3 Å². The lowest BCUT2D eigenvalue weighted by molar-refractivity contribution is 0.104. The minimum Gasteiger partial charge on any atom is -0.497 e. The molecule has 0 saturated heterocycles. The number of benzene rings is 1. The van der Waals surface area contributed by atoms with Crippen molar-refractivity contribution in [3.8, 4) is 5.75 Å². The lowest BCUT2D eigenvalue weighted by Gasteiger charge is -1.99. The van der Waals surface area contributed by atoms with Gasteiger partial charge in [-0.2, -0.15) is 9.97 Å². The third-order valence-corrected chi connectivity index (χ3v) is 3.18. The van der Waals surface area contributed by atoms with Crippen LogP contribution in [-0.4, -0.2) is 32.8 Å². The zero-order valence-electron chi connectivity index (χ0n) is 12.3. The Hall–Kier alpha value is -3.42. The van der Waals surface area contributed by atoms with E-state index in [4.69, 9.17) is 16.2 Å². The normalized spacial score (nSPS) is 11.2. The zero-order chi connectivity index (χ0) is 16.4. The molecule has 3 rings (SSSR count). The summed E-state index contributed by atoms with van der Waals surface area (Å²) in [6.07, 6.45) is 2.95. The maximum absolute atomic E-state index is 12.1. The molecular weight excluding hydrogens is 296 g/mol. The van der Waals surface area contributed by atoms with Crippen molar-refractivity contribution in [2.24, 2.45) is 0 Å². The number of hydrogen-bond donors (Lipinski definition) is 3. The summed E-state index contributed by atoms with van der Waals surface area (Å²) in [6, 6.07) is 6.82.